The molecular weight excluding hydrogens is 320 g/mol. The van der Waals surface area contributed by atoms with Gasteiger partial charge in [-0.15, -0.1) is 0 Å². The Morgan fingerprint density at radius 3 is 2.70 bits per heavy atom. The van der Waals surface area contributed by atoms with E-state index < -0.39 is 0 Å². The van der Waals surface area contributed by atoms with Crippen LogP contribution in [0.1, 0.15) is 37.9 Å². The van der Waals surface area contributed by atoms with Gasteiger partial charge < -0.3 is 14.6 Å². The summed E-state index contributed by atoms with van der Waals surface area (Å²) in [5.41, 5.74) is 0. The van der Waals surface area contributed by atoms with Gasteiger partial charge in [0, 0.05) is 25.6 Å². The maximum atomic E-state index is 12.3. The van der Waals surface area contributed by atoms with Crippen molar-refractivity contribution in [3.8, 4) is 0 Å². The molecule has 1 aromatic heterocycles. The zero-order chi connectivity index (χ0) is 14.1. The van der Waals surface area contributed by atoms with E-state index in [-0.39, 0.29) is 5.91 Å². The van der Waals surface area contributed by atoms with E-state index in [1.54, 1.807) is 4.90 Å². The molecule has 20 heavy (non-hydrogen) atoms. The standard InChI is InChI=1S/C15H21BrN2O2/c1-18(9-13-4-5-14(16)20-13)15(19)8-10-6-11-2-3-12(7-10)17-11/h4-5,10-12,17H,2-3,6-9H2,1H3. The highest BCUT2D eigenvalue weighted by Crippen LogP contribution is 2.33. The molecule has 0 aliphatic carbocycles. The highest BCUT2D eigenvalue weighted by molar-refractivity contribution is 9.10. The van der Waals surface area contributed by atoms with Gasteiger partial charge in [0.1, 0.15) is 5.76 Å². The number of hydrogen-bond acceptors (Lipinski definition) is 3. The Morgan fingerprint density at radius 2 is 2.10 bits per heavy atom. The van der Waals surface area contributed by atoms with Crippen LogP contribution in [-0.2, 0) is 11.3 Å². The van der Waals surface area contributed by atoms with E-state index in [1.807, 2.05) is 19.2 Å². The van der Waals surface area contributed by atoms with Gasteiger partial charge in [0.25, 0.3) is 0 Å². The maximum Gasteiger partial charge on any atom is 0.222 e. The number of nitrogens with one attached hydrogen (secondary N) is 1. The van der Waals surface area contributed by atoms with E-state index in [4.69, 9.17) is 4.42 Å². The zero-order valence-electron chi connectivity index (χ0n) is 11.8. The largest absolute Gasteiger partial charge is 0.452 e. The van der Waals surface area contributed by atoms with Crippen molar-refractivity contribution in [2.45, 2.75) is 50.7 Å². The lowest BCUT2D eigenvalue weighted by Gasteiger charge is -2.29. The van der Waals surface area contributed by atoms with E-state index in [9.17, 15) is 4.79 Å². The second-order valence-corrected chi connectivity index (χ2v) is 6.92. The molecule has 110 valence electrons. The fraction of sp³-hybridized carbons (Fsp3) is 0.667. The van der Waals surface area contributed by atoms with Crippen LogP contribution in [0, 0.1) is 5.92 Å². The molecule has 2 aliphatic rings. The Hall–Kier alpha value is -0.810. The van der Waals surface area contributed by atoms with Gasteiger partial charge in [-0.25, -0.2) is 0 Å². The number of amides is 1. The van der Waals surface area contributed by atoms with Gasteiger partial charge in [0.15, 0.2) is 4.67 Å². The molecule has 2 bridgehead atoms. The van der Waals surface area contributed by atoms with Crippen LogP contribution < -0.4 is 5.32 Å². The van der Waals surface area contributed by atoms with Gasteiger partial charge in [0.05, 0.1) is 6.54 Å². The van der Waals surface area contributed by atoms with E-state index in [1.165, 1.54) is 12.8 Å². The molecule has 2 aliphatic heterocycles. The van der Waals surface area contributed by atoms with Crippen molar-refractivity contribution in [1.29, 1.82) is 0 Å². The van der Waals surface area contributed by atoms with Crippen LogP contribution in [0.4, 0.5) is 0 Å². The summed E-state index contributed by atoms with van der Waals surface area (Å²) in [6.45, 7) is 0.544. The van der Waals surface area contributed by atoms with Crippen molar-refractivity contribution in [3.63, 3.8) is 0 Å². The fourth-order valence-corrected chi connectivity index (χ4v) is 3.84. The maximum absolute atomic E-state index is 12.3. The molecule has 2 fully saturated rings. The number of nitrogens with zero attached hydrogens (tertiary/aromatic N) is 1. The minimum atomic E-state index is 0.226. The topological polar surface area (TPSA) is 45.5 Å². The summed E-state index contributed by atoms with van der Waals surface area (Å²) in [4.78, 5) is 14.1. The summed E-state index contributed by atoms with van der Waals surface area (Å²) < 4.78 is 6.16. The van der Waals surface area contributed by atoms with Gasteiger partial charge in [-0.05, 0) is 59.7 Å². The molecule has 3 heterocycles. The molecule has 0 saturated carbocycles. The zero-order valence-corrected chi connectivity index (χ0v) is 13.4. The Morgan fingerprint density at radius 1 is 1.40 bits per heavy atom. The van der Waals surface area contributed by atoms with Crippen molar-refractivity contribution >= 4 is 21.8 Å². The number of fused-ring (bicyclic) bond motifs is 2. The summed E-state index contributed by atoms with van der Waals surface area (Å²) in [7, 11) is 1.86. The first kappa shape index (κ1) is 14.1. The Labute approximate surface area is 128 Å². The summed E-state index contributed by atoms with van der Waals surface area (Å²) in [5.74, 6) is 1.59. The van der Waals surface area contributed by atoms with Crippen molar-refractivity contribution < 1.29 is 9.21 Å². The van der Waals surface area contributed by atoms with Gasteiger partial charge in [-0.1, -0.05) is 0 Å². The second kappa shape index (κ2) is 5.90. The molecule has 2 unspecified atom stereocenters. The first-order chi connectivity index (χ1) is 9.60. The lowest BCUT2D eigenvalue weighted by atomic mass is 9.89. The van der Waals surface area contributed by atoms with Crippen LogP contribution in [0.25, 0.3) is 0 Å². The summed E-state index contributed by atoms with van der Waals surface area (Å²) in [6.07, 6.45) is 5.55. The predicted octanol–water partition coefficient (Wildman–Crippen LogP) is 2.92. The Kier molecular flexibility index (Phi) is 4.17. The number of furan rings is 1. The molecule has 0 aromatic carbocycles. The summed E-state index contributed by atoms with van der Waals surface area (Å²) in [5, 5.41) is 3.62. The normalized spacial score (nSPS) is 28.6. The third kappa shape index (κ3) is 3.26. The third-order valence-corrected chi connectivity index (χ3v) is 4.91. The lowest BCUT2D eigenvalue weighted by Crippen LogP contribution is -2.39. The molecule has 0 spiro atoms. The van der Waals surface area contributed by atoms with E-state index in [0.29, 0.717) is 35.6 Å². The minimum Gasteiger partial charge on any atom is -0.452 e. The van der Waals surface area contributed by atoms with Crippen molar-refractivity contribution in [3.05, 3.63) is 22.6 Å². The van der Waals surface area contributed by atoms with Gasteiger partial charge in [-0.3, -0.25) is 4.79 Å². The van der Waals surface area contributed by atoms with E-state index in [2.05, 4.69) is 21.2 Å². The highest BCUT2D eigenvalue weighted by Gasteiger charge is 2.34. The molecule has 1 aromatic rings. The molecule has 4 nitrogen and oxygen atoms in total. The molecule has 2 saturated heterocycles. The number of carbonyl (C=O) groups is 1. The van der Waals surface area contributed by atoms with Crippen molar-refractivity contribution in [2.24, 2.45) is 5.92 Å². The molecule has 5 heteroatoms. The quantitative estimate of drug-likeness (QED) is 0.916. The van der Waals surface area contributed by atoms with Crippen molar-refractivity contribution in [2.75, 3.05) is 7.05 Å². The smallest absolute Gasteiger partial charge is 0.222 e. The highest BCUT2D eigenvalue weighted by atomic mass is 79.9. The molecule has 1 amide bonds. The van der Waals surface area contributed by atoms with Crippen LogP contribution in [0.15, 0.2) is 21.2 Å². The number of piperidine rings is 1. The minimum absolute atomic E-state index is 0.226. The Bertz CT molecular complexity index is 476. The first-order valence-electron chi connectivity index (χ1n) is 7.34. The molecule has 1 N–H and O–H groups in total. The van der Waals surface area contributed by atoms with E-state index in [0.717, 1.165) is 18.6 Å². The van der Waals surface area contributed by atoms with Crippen LogP contribution >= 0.6 is 15.9 Å². The lowest BCUT2D eigenvalue weighted by molar-refractivity contribution is -0.131. The number of rotatable bonds is 4. The van der Waals surface area contributed by atoms with Crippen LogP contribution in [0.2, 0.25) is 0 Å². The van der Waals surface area contributed by atoms with E-state index >= 15 is 0 Å². The first-order valence-corrected chi connectivity index (χ1v) is 8.13. The van der Waals surface area contributed by atoms with Crippen LogP contribution in [0.5, 0.6) is 0 Å². The molecule has 3 rings (SSSR count). The third-order valence-electron chi connectivity index (χ3n) is 4.48. The average molecular weight is 341 g/mol. The second-order valence-electron chi connectivity index (χ2n) is 6.14. The van der Waals surface area contributed by atoms with Gasteiger partial charge >= 0.3 is 0 Å². The van der Waals surface area contributed by atoms with Gasteiger partial charge in [-0.2, -0.15) is 0 Å². The average Bonchev–Trinajstić information content (AvgIpc) is 2.95. The monoisotopic (exact) mass is 340 g/mol. The summed E-state index contributed by atoms with van der Waals surface area (Å²) >= 11 is 3.28. The fourth-order valence-electron chi connectivity index (χ4n) is 3.50. The van der Waals surface area contributed by atoms with Crippen LogP contribution in [0.3, 0.4) is 0 Å². The molecule has 0 radical (unpaired) electrons. The van der Waals surface area contributed by atoms with Crippen molar-refractivity contribution in [1.82, 2.24) is 10.2 Å². The number of hydrogen-bond donors (Lipinski definition) is 1. The van der Waals surface area contributed by atoms with Crippen LogP contribution in [-0.4, -0.2) is 29.9 Å². The predicted molar refractivity (Wildman–Crippen MR) is 80.2 cm³/mol. The summed E-state index contributed by atoms with van der Waals surface area (Å²) in [6, 6.07) is 5.06. The molecular formula is C15H21BrN2O2. The van der Waals surface area contributed by atoms with Gasteiger partial charge in [0.2, 0.25) is 5.91 Å². The number of carbonyl (C=O) groups excluding carboxylic acids is 1. The Balaban J connectivity index is 1.51. The number of halogens is 1. The molecule has 2 atom stereocenters. The SMILES string of the molecule is CN(Cc1ccc(Br)o1)C(=O)CC1CC2CCC(C1)N2.